The second-order valence-electron chi connectivity index (χ2n) is 3.91. The average molecular weight is 214 g/mol. The highest BCUT2D eigenvalue weighted by Crippen LogP contribution is 2.64. The Kier molecular flexibility index (Phi) is 2.86. The number of likely N-dealkylation sites (tertiary alicyclic amines) is 1. The van der Waals surface area contributed by atoms with Crippen molar-refractivity contribution in [1.29, 1.82) is 0 Å². The first-order valence-corrected chi connectivity index (χ1v) is 4.31. The molecule has 1 aliphatic carbocycles. The van der Waals surface area contributed by atoms with Crippen LogP contribution in [0.1, 0.15) is 12.8 Å². The molecule has 78 valence electrons. The van der Waals surface area contributed by atoms with Gasteiger partial charge in [-0.3, -0.25) is 0 Å². The summed E-state index contributed by atoms with van der Waals surface area (Å²) in [5.41, 5.74) is -0.706. The van der Waals surface area contributed by atoms with Crippen LogP contribution < -0.4 is 0 Å². The van der Waals surface area contributed by atoms with Crippen molar-refractivity contribution in [3.05, 3.63) is 0 Å². The van der Waals surface area contributed by atoms with Gasteiger partial charge in [0.1, 0.15) is 0 Å². The maximum Gasteiger partial charge on any atom is 0.255 e. The fraction of sp³-hybridized carbons (Fsp3) is 1.00. The lowest BCUT2D eigenvalue weighted by Crippen LogP contribution is -2.25. The van der Waals surface area contributed by atoms with E-state index in [0.717, 1.165) is 6.54 Å². The van der Waals surface area contributed by atoms with Crippen molar-refractivity contribution in [3.8, 4) is 0 Å². The lowest BCUT2D eigenvalue weighted by Gasteiger charge is -2.13. The van der Waals surface area contributed by atoms with Gasteiger partial charge in [-0.05, 0) is 13.0 Å². The van der Waals surface area contributed by atoms with Gasteiger partial charge in [0.2, 0.25) is 0 Å². The Balaban J connectivity index is 0.000000845. The molecule has 0 aromatic heterocycles. The molecule has 1 saturated heterocycles. The highest BCUT2D eigenvalue weighted by Gasteiger charge is 2.72. The monoisotopic (exact) mass is 213 g/mol. The van der Waals surface area contributed by atoms with Gasteiger partial charge in [-0.2, -0.15) is 0 Å². The predicted octanol–water partition coefficient (Wildman–Crippen LogP) is 1.13. The molecule has 1 aliphatic heterocycles. The van der Waals surface area contributed by atoms with Crippen molar-refractivity contribution < 1.29 is 13.9 Å². The topological polar surface area (TPSA) is 23.5 Å². The molecule has 1 spiro atoms. The molecule has 0 amide bonds. The molecule has 5 heteroatoms. The smallest absolute Gasteiger partial charge is 0.255 e. The van der Waals surface area contributed by atoms with Crippen LogP contribution in [-0.4, -0.2) is 42.2 Å². The van der Waals surface area contributed by atoms with E-state index in [9.17, 15) is 8.78 Å². The summed E-state index contributed by atoms with van der Waals surface area (Å²) in [6, 6.07) is 0. The van der Waals surface area contributed by atoms with E-state index in [4.69, 9.17) is 5.11 Å². The van der Waals surface area contributed by atoms with E-state index in [2.05, 4.69) is 0 Å². The van der Waals surface area contributed by atoms with Crippen molar-refractivity contribution in [1.82, 2.24) is 4.90 Å². The van der Waals surface area contributed by atoms with Gasteiger partial charge in [0.15, 0.2) is 0 Å². The average Bonchev–Trinajstić information content (AvgIpc) is 2.39. The minimum Gasteiger partial charge on any atom is -0.395 e. The molecule has 1 atom stereocenters. The standard InChI is InChI=1S/C8H13F2NO.ClH/c9-8(10)5-7(8)1-2-11(6-7)3-4-12;/h12H,1-6H2;1H. The summed E-state index contributed by atoms with van der Waals surface area (Å²) in [5, 5.41) is 8.62. The lowest BCUT2D eigenvalue weighted by atomic mass is 10.1. The summed E-state index contributed by atoms with van der Waals surface area (Å²) < 4.78 is 25.6. The van der Waals surface area contributed by atoms with Gasteiger partial charge in [0, 0.05) is 19.5 Å². The Morgan fingerprint density at radius 3 is 2.38 bits per heavy atom. The molecule has 13 heavy (non-hydrogen) atoms. The maximum absolute atomic E-state index is 12.8. The molecule has 2 nitrogen and oxygen atoms in total. The van der Waals surface area contributed by atoms with Crippen LogP contribution >= 0.6 is 12.4 Å². The fourth-order valence-electron chi connectivity index (χ4n) is 2.11. The molecule has 0 aromatic carbocycles. The summed E-state index contributed by atoms with van der Waals surface area (Å²) in [6.07, 6.45) is 0.655. The van der Waals surface area contributed by atoms with E-state index < -0.39 is 11.3 Å². The number of halogens is 3. The first-order chi connectivity index (χ1) is 5.60. The number of hydrogen-bond donors (Lipinski definition) is 1. The Morgan fingerprint density at radius 1 is 1.38 bits per heavy atom. The molecule has 0 bridgehead atoms. The minimum absolute atomic E-state index is 0. The van der Waals surface area contributed by atoms with E-state index in [1.165, 1.54) is 0 Å². The quantitative estimate of drug-likeness (QED) is 0.744. The number of nitrogens with zero attached hydrogens (tertiary/aromatic N) is 1. The maximum atomic E-state index is 12.8. The first-order valence-electron chi connectivity index (χ1n) is 4.31. The third-order valence-electron chi connectivity index (χ3n) is 3.06. The van der Waals surface area contributed by atoms with E-state index in [1.54, 1.807) is 0 Å². The van der Waals surface area contributed by atoms with Crippen LogP contribution in [0.4, 0.5) is 8.78 Å². The second kappa shape index (κ2) is 3.33. The SMILES string of the molecule is Cl.OCCN1CCC2(C1)CC2(F)F. The predicted molar refractivity (Wildman–Crippen MR) is 47.4 cm³/mol. The van der Waals surface area contributed by atoms with Crippen molar-refractivity contribution in [2.24, 2.45) is 5.41 Å². The Hall–Kier alpha value is 0.0700. The summed E-state index contributed by atoms with van der Waals surface area (Å²) >= 11 is 0. The summed E-state index contributed by atoms with van der Waals surface area (Å²) in [7, 11) is 0. The molecule has 2 rings (SSSR count). The van der Waals surface area contributed by atoms with Crippen LogP contribution in [0.5, 0.6) is 0 Å². The van der Waals surface area contributed by atoms with Crippen molar-refractivity contribution in [2.75, 3.05) is 26.2 Å². The molecule has 1 N–H and O–H groups in total. The Labute approximate surface area is 82.3 Å². The number of alkyl halides is 2. The molecular formula is C8H14ClF2NO. The van der Waals surface area contributed by atoms with E-state index in [-0.39, 0.29) is 25.4 Å². The van der Waals surface area contributed by atoms with E-state index in [1.807, 2.05) is 4.90 Å². The van der Waals surface area contributed by atoms with E-state index >= 15 is 0 Å². The number of hydrogen-bond acceptors (Lipinski definition) is 2. The van der Waals surface area contributed by atoms with Gasteiger partial charge < -0.3 is 10.0 Å². The molecular weight excluding hydrogens is 200 g/mol. The molecule has 1 heterocycles. The Morgan fingerprint density at radius 2 is 2.00 bits per heavy atom. The summed E-state index contributed by atoms with van der Waals surface area (Å²) in [5.74, 6) is -2.42. The van der Waals surface area contributed by atoms with Crippen LogP contribution in [0, 0.1) is 5.41 Å². The van der Waals surface area contributed by atoms with Gasteiger partial charge in [-0.15, -0.1) is 12.4 Å². The number of β-amino-alcohol motifs (C(OH)–C–C–N with tert-alkyl or cyclic N) is 1. The third-order valence-corrected chi connectivity index (χ3v) is 3.06. The normalized spacial score (nSPS) is 36.2. The Bertz CT molecular complexity index is 203. The zero-order valence-corrected chi connectivity index (χ0v) is 8.12. The van der Waals surface area contributed by atoms with Gasteiger partial charge in [-0.1, -0.05) is 0 Å². The van der Waals surface area contributed by atoms with Gasteiger partial charge in [0.25, 0.3) is 5.92 Å². The van der Waals surface area contributed by atoms with E-state index in [0.29, 0.717) is 19.5 Å². The molecule has 0 radical (unpaired) electrons. The lowest BCUT2D eigenvalue weighted by molar-refractivity contribution is 0.0654. The highest BCUT2D eigenvalue weighted by atomic mass is 35.5. The zero-order valence-electron chi connectivity index (χ0n) is 7.30. The fourth-order valence-corrected chi connectivity index (χ4v) is 2.11. The second-order valence-corrected chi connectivity index (χ2v) is 3.91. The molecule has 1 unspecified atom stereocenters. The number of aliphatic hydroxyl groups excluding tert-OH is 1. The van der Waals surface area contributed by atoms with Crippen LogP contribution in [0.3, 0.4) is 0 Å². The first kappa shape index (κ1) is 11.1. The largest absolute Gasteiger partial charge is 0.395 e. The van der Waals surface area contributed by atoms with Crippen LogP contribution in [0.15, 0.2) is 0 Å². The minimum atomic E-state index is -2.42. The van der Waals surface area contributed by atoms with Crippen LogP contribution in [-0.2, 0) is 0 Å². The molecule has 2 fully saturated rings. The third kappa shape index (κ3) is 1.67. The van der Waals surface area contributed by atoms with Crippen molar-refractivity contribution in [2.45, 2.75) is 18.8 Å². The number of aliphatic hydroxyl groups is 1. The van der Waals surface area contributed by atoms with Gasteiger partial charge in [-0.25, -0.2) is 8.78 Å². The van der Waals surface area contributed by atoms with Gasteiger partial charge in [0.05, 0.1) is 12.0 Å². The van der Waals surface area contributed by atoms with Crippen molar-refractivity contribution in [3.63, 3.8) is 0 Å². The molecule has 1 saturated carbocycles. The van der Waals surface area contributed by atoms with Crippen LogP contribution in [0.2, 0.25) is 0 Å². The van der Waals surface area contributed by atoms with Crippen molar-refractivity contribution >= 4 is 12.4 Å². The zero-order chi connectivity index (χ0) is 8.82. The van der Waals surface area contributed by atoms with Crippen LogP contribution in [0.25, 0.3) is 0 Å². The molecule has 0 aromatic rings. The summed E-state index contributed by atoms with van der Waals surface area (Å²) in [4.78, 5) is 1.92. The molecule has 2 aliphatic rings. The highest BCUT2D eigenvalue weighted by molar-refractivity contribution is 5.85. The van der Waals surface area contributed by atoms with Gasteiger partial charge >= 0.3 is 0 Å². The number of rotatable bonds is 2. The summed E-state index contributed by atoms with van der Waals surface area (Å²) in [6.45, 7) is 1.80.